The third-order valence-corrected chi connectivity index (χ3v) is 17.3. The highest BCUT2D eigenvalue weighted by molar-refractivity contribution is 6.16. The maximum absolute atomic E-state index is 10.9. The molecule has 17 aromatic rings. The Morgan fingerprint density at radius 2 is 0.523 bits per heavy atom. The van der Waals surface area contributed by atoms with E-state index < -0.39 is 0 Å². The van der Waals surface area contributed by atoms with E-state index in [2.05, 4.69) is 337 Å². The standard InChI is InChI=1S/C79H51N7/c80-52-53-37-42-78(85-74-43-38-58(81(54-21-5-1-6-22-54)55-23-7-2-8-24-55)48-66(74)68-50-60(40-45-75(68)85)83-70-33-17-13-29-62(70)63-30-14-18-34-71(63)83)79(47-53)86-76-44-39-59(82(56-25-9-3-10-26-56)57-27-11-4-12-28-57)49-67(76)69-51-61(41-46-77(69)86)84-72-35-19-15-31-64(72)65-32-16-20-36-73(65)84/h1-51H. The van der Waals surface area contributed by atoms with Gasteiger partial charge in [0.05, 0.1) is 67.1 Å². The highest BCUT2D eigenvalue weighted by atomic mass is 15.2. The fourth-order valence-electron chi connectivity index (χ4n) is 13.6. The average molecular weight is 1100 g/mol. The molecule has 0 atom stereocenters. The number of nitrogens with zero attached hydrogens (tertiary/aromatic N) is 7. The van der Waals surface area contributed by atoms with Crippen molar-refractivity contribution in [2.24, 2.45) is 0 Å². The first-order chi connectivity index (χ1) is 42.6. The molecule has 0 amide bonds. The second-order valence-electron chi connectivity index (χ2n) is 22.0. The van der Waals surface area contributed by atoms with Crippen molar-refractivity contribution in [3.63, 3.8) is 0 Å². The number of aromatic nitrogens is 4. The summed E-state index contributed by atoms with van der Waals surface area (Å²) in [6.07, 6.45) is 0. The fourth-order valence-corrected chi connectivity index (χ4v) is 13.6. The van der Waals surface area contributed by atoms with Crippen LogP contribution < -0.4 is 9.80 Å². The van der Waals surface area contributed by atoms with Crippen LogP contribution in [0.5, 0.6) is 0 Å². The van der Waals surface area contributed by atoms with Gasteiger partial charge in [-0.1, -0.05) is 146 Å². The maximum Gasteiger partial charge on any atom is 0.0992 e. The molecule has 0 saturated carbocycles. The number of para-hydroxylation sites is 8. The van der Waals surface area contributed by atoms with Crippen molar-refractivity contribution in [1.29, 1.82) is 5.26 Å². The molecule has 0 spiro atoms. The first-order valence-electron chi connectivity index (χ1n) is 29.1. The van der Waals surface area contributed by atoms with Crippen LogP contribution in [0.3, 0.4) is 0 Å². The molecule has 0 N–H and O–H groups in total. The van der Waals surface area contributed by atoms with Gasteiger partial charge in [-0.3, -0.25) is 0 Å². The van der Waals surface area contributed by atoms with Crippen LogP contribution in [-0.4, -0.2) is 18.3 Å². The molecule has 7 heteroatoms. The highest BCUT2D eigenvalue weighted by Crippen LogP contribution is 2.46. The lowest BCUT2D eigenvalue weighted by molar-refractivity contribution is 1.09. The van der Waals surface area contributed by atoms with Gasteiger partial charge in [0.1, 0.15) is 0 Å². The van der Waals surface area contributed by atoms with Crippen LogP contribution in [0.1, 0.15) is 5.56 Å². The van der Waals surface area contributed by atoms with Gasteiger partial charge in [-0.25, -0.2) is 0 Å². The largest absolute Gasteiger partial charge is 0.310 e. The van der Waals surface area contributed by atoms with Gasteiger partial charge >= 0.3 is 0 Å². The van der Waals surface area contributed by atoms with E-state index in [1.807, 2.05) is 6.07 Å². The van der Waals surface area contributed by atoms with Gasteiger partial charge in [0.25, 0.3) is 0 Å². The zero-order chi connectivity index (χ0) is 56.8. The van der Waals surface area contributed by atoms with Crippen molar-refractivity contribution in [2.75, 3.05) is 9.80 Å². The van der Waals surface area contributed by atoms with Crippen molar-refractivity contribution in [3.8, 4) is 28.8 Å². The fraction of sp³-hybridized carbons (Fsp3) is 0. The number of hydrogen-bond acceptors (Lipinski definition) is 3. The Hall–Kier alpha value is -11.9. The Kier molecular flexibility index (Phi) is 11.2. The Bertz CT molecular complexity index is 5370. The highest BCUT2D eigenvalue weighted by Gasteiger charge is 2.25. The topological polar surface area (TPSA) is 50.0 Å². The van der Waals surface area contributed by atoms with Crippen LogP contribution in [0.25, 0.3) is 110 Å². The van der Waals surface area contributed by atoms with E-state index in [0.29, 0.717) is 5.56 Å². The van der Waals surface area contributed by atoms with Gasteiger partial charge < -0.3 is 28.1 Å². The third-order valence-electron chi connectivity index (χ3n) is 17.3. The summed E-state index contributed by atoms with van der Waals surface area (Å²) < 4.78 is 9.61. The van der Waals surface area contributed by atoms with E-state index in [1.54, 1.807) is 0 Å². The van der Waals surface area contributed by atoms with Crippen molar-refractivity contribution < 1.29 is 0 Å². The second-order valence-corrected chi connectivity index (χ2v) is 22.0. The van der Waals surface area contributed by atoms with E-state index >= 15 is 0 Å². The normalized spacial score (nSPS) is 11.7. The van der Waals surface area contributed by atoms with Crippen LogP contribution in [-0.2, 0) is 0 Å². The molecule has 17 rings (SSSR count). The maximum atomic E-state index is 10.9. The molecule has 0 aliphatic carbocycles. The molecule has 0 aliphatic heterocycles. The molecule has 0 aliphatic rings. The van der Waals surface area contributed by atoms with E-state index in [4.69, 9.17) is 0 Å². The van der Waals surface area contributed by atoms with Crippen molar-refractivity contribution in [2.45, 2.75) is 0 Å². The minimum absolute atomic E-state index is 0.565. The van der Waals surface area contributed by atoms with Crippen molar-refractivity contribution >= 4 is 121 Å². The summed E-state index contributed by atoms with van der Waals surface area (Å²) in [5.74, 6) is 0. The van der Waals surface area contributed by atoms with Gasteiger partial charge in [0, 0.05) is 88.6 Å². The molecule has 13 aromatic carbocycles. The molecule has 0 unspecified atom stereocenters. The Morgan fingerprint density at radius 1 is 0.221 bits per heavy atom. The monoisotopic (exact) mass is 1100 g/mol. The minimum Gasteiger partial charge on any atom is -0.310 e. The lowest BCUT2D eigenvalue weighted by Crippen LogP contribution is -2.09. The molecule has 4 aromatic heterocycles. The van der Waals surface area contributed by atoms with E-state index in [-0.39, 0.29) is 0 Å². The summed E-state index contributed by atoms with van der Waals surface area (Å²) in [6.45, 7) is 0. The SMILES string of the molecule is N#Cc1ccc(-n2c3ccc(N(c4ccccc4)c4ccccc4)cc3c3cc(-n4c5ccccc5c5ccccc54)ccc32)c(-n2c3ccc(N(c4ccccc4)c4ccccc4)cc3c3cc(-n4c5ccccc5c5ccccc54)ccc32)c1. The van der Waals surface area contributed by atoms with Crippen LogP contribution in [0.15, 0.2) is 309 Å². The molecule has 0 bridgehead atoms. The molecule has 402 valence electrons. The summed E-state index contributed by atoms with van der Waals surface area (Å²) in [5, 5.41) is 20.1. The molecule has 4 heterocycles. The molecule has 0 fully saturated rings. The molecule has 7 nitrogen and oxygen atoms in total. The zero-order valence-corrected chi connectivity index (χ0v) is 46.6. The molecular weight excluding hydrogens is 1050 g/mol. The van der Waals surface area contributed by atoms with E-state index in [1.165, 1.54) is 21.5 Å². The summed E-state index contributed by atoms with van der Waals surface area (Å²) in [5.41, 5.74) is 19.5. The van der Waals surface area contributed by atoms with E-state index in [0.717, 1.165) is 123 Å². The van der Waals surface area contributed by atoms with Gasteiger partial charge in [-0.2, -0.15) is 5.26 Å². The summed E-state index contributed by atoms with van der Waals surface area (Å²) in [6, 6.07) is 114. The number of anilines is 6. The first-order valence-corrected chi connectivity index (χ1v) is 29.1. The summed E-state index contributed by atoms with van der Waals surface area (Å²) in [4.78, 5) is 4.67. The van der Waals surface area contributed by atoms with Crippen LogP contribution in [0.4, 0.5) is 34.1 Å². The van der Waals surface area contributed by atoms with Crippen LogP contribution >= 0.6 is 0 Å². The number of benzene rings is 13. The number of nitriles is 1. The molecular formula is C79H51N7. The van der Waals surface area contributed by atoms with E-state index in [9.17, 15) is 5.26 Å². The van der Waals surface area contributed by atoms with Crippen molar-refractivity contribution in [1.82, 2.24) is 18.3 Å². The van der Waals surface area contributed by atoms with Gasteiger partial charge in [0.2, 0.25) is 0 Å². The van der Waals surface area contributed by atoms with Crippen LogP contribution in [0, 0.1) is 11.3 Å². The Balaban J connectivity index is 0.951. The number of fused-ring (bicyclic) bond motifs is 12. The van der Waals surface area contributed by atoms with Gasteiger partial charge in [-0.05, 0) is 164 Å². The predicted octanol–water partition coefficient (Wildman–Crippen LogP) is 20.9. The smallest absolute Gasteiger partial charge is 0.0992 e. The Morgan fingerprint density at radius 3 is 0.884 bits per heavy atom. The lowest BCUT2D eigenvalue weighted by Gasteiger charge is -2.25. The Labute approximate surface area is 495 Å². The van der Waals surface area contributed by atoms with Gasteiger partial charge in [0.15, 0.2) is 0 Å². The minimum atomic E-state index is 0.565. The first kappa shape index (κ1) is 48.8. The average Bonchev–Trinajstić information content (AvgIpc) is 3.66. The molecule has 86 heavy (non-hydrogen) atoms. The zero-order valence-electron chi connectivity index (χ0n) is 46.6. The number of rotatable bonds is 10. The predicted molar refractivity (Wildman–Crippen MR) is 358 cm³/mol. The molecule has 0 saturated heterocycles. The number of hydrogen-bond donors (Lipinski definition) is 0. The summed E-state index contributed by atoms with van der Waals surface area (Å²) in [7, 11) is 0. The quantitative estimate of drug-likeness (QED) is 0.137. The molecule has 0 radical (unpaired) electrons. The lowest BCUT2D eigenvalue weighted by atomic mass is 10.1. The van der Waals surface area contributed by atoms with Crippen LogP contribution in [0.2, 0.25) is 0 Å². The summed E-state index contributed by atoms with van der Waals surface area (Å²) >= 11 is 0. The third kappa shape index (κ3) is 7.61. The van der Waals surface area contributed by atoms with Gasteiger partial charge in [-0.15, -0.1) is 0 Å². The second kappa shape index (κ2) is 19.7. The van der Waals surface area contributed by atoms with Crippen molar-refractivity contribution in [3.05, 3.63) is 315 Å².